The number of nitrogens with zero attached hydrogens (tertiary/aromatic N) is 3. The van der Waals surface area contributed by atoms with Gasteiger partial charge in [0.25, 0.3) is 0 Å². The molecule has 0 saturated heterocycles. The van der Waals surface area contributed by atoms with Gasteiger partial charge >= 0.3 is 5.97 Å². The lowest BCUT2D eigenvalue weighted by Crippen LogP contribution is -2.28. The zero-order valence-electron chi connectivity index (χ0n) is 10.6. The first-order valence-corrected chi connectivity index (χ1v) is 5.59. The van der Waals surface area contributed by atoms with E-state index < -0.39 is 5.97 Å². The Kier molecular flexibility index (Phi) is 6.03. The number of aromatic nitrogens is 2. The molecule has 0 aliphatic carbocycles. The average molecular weight is 254 g/mol. The fraction of sp³-hybridized carbons (Fsp3) is 0.545. The Morgan fingerprint density at radius 3 is 3.00 bits per heavy atom. The summed E-state index contributed by atoms with van der Waals surface area (Å²) in [7, 11) is 3.63. The number of ether oxygens (including phenoxy) is 1. The number of rotatable bonds is 8. The summed E-state index contributed by atoms with van der Waals surface area (Å²) < 4.78 is 4.97. The number of aromatic carboxylic acids is 1. The number of hydrogen-bond acceptors (Lipinski definition) is 6. The molecule has 0 unspecified atom stereocenters. The maximum absolute atomic E-state index is 10.9. The second-order valence-corrected chi connectivity index (χ2v) is 3.81. The van der Waals surface area contributed by atoms with Crippen molar-refractivity contribution in [3.05, 3.63) is 18.1 Å². The van der Waals surface area contributed by atoms with Gasteiger partial charge in [-0.2, -0.15) is 0 Å². The molecule has 1 aromatic heterocycles. The second-order valence-electron chi connectivity index (χ2n) is 3.81. The summed E-state index contributed by atoms with van der Waals surface area (Å²) in [6.07, 6.45) is 2.61. The number of carboxylic acids is 1. The molecule has 1 heterocycles. The highest BCUT2D eigenvalue weighted by molar-refractivity contribution is 5.92. The van der Waals surface area contributed by atoms with Gasteiger partial charge in [-0.05, 0) is 7.05 Å². The number of anilines is 1. The topological polar surface area (TPSA) is 87.6 Å². The highest BCUT2D eigenvalue weighted by Crippen LogP contribution is 2.08. The molecule has 0 fully saturated rings. The van der Waals surface area contributed by atoms with Crippen molar-refractivity contribution in [2.75, 3.05) is 45.7 Å². The third kappa shape index (κ3) is 4.64. The zero-order valence-corrected chi connectivity index (χ0v) is 10.6. The van der Waals surface area contributed by atoms with Crippen LogP contribution in [0.4, 0.5) is 5.82 Å². The van der Waals surface area contributed by atoms with Crippen molar-refractivity contribution >= 4 is 11.8 Å². The summed E-state index contributed by atoms with van der Waals surface area (Å²) in [5, 5.41) is 11.9. The molecule has 1 aromatic rings. The molecule has 18 heavy (non-hydrogen) atoms. The Bertz CT molecular complexity index is 386. The number of carbonyl (C=O) groups is 1. The van der Waals surface area contributed by atoms with Crippen molar-refractivity contribution < 1.29 is 14.6 Å². The highest BCUT2D eigenvalue weighted by atomic mass is 16.5. The lowest BCUT2D eigenvalue weighted by molar-refractivity contribution is 0.0697. The number of hydrogen-bond donors (Lipinski definition) is 2. The van der Waals surface area contributed by atoms with Gasteiger partial charge in [0.05, 0.1) is 6.61 Å². The van der Waals surface area contributed by atoms with Gasteiger partial charge in [-0.15, -0.1) is 0 Å². The molecule has 100 valence electrons. The van der Waals surface area contributed by atoms with Crippen LogP contribution in [-0.2, 0) is 4.74 Å². The molecule has 7 heteroatoms. The van der Waals surface area contributed by atoms with Crippen LogP contribution in [0.1, 0.15) is 10.4 Å². The molecule has 0 aliphatic rings. The van der Waals surface area contributed by atoms with Crippen LogP contribution in [0.25, 0.3) is 0 Å². The Labute approximate surface area is 106 Å². The third-order valence-corrected chi connectivity index (χ3v) is 2.41. The van der Waals surface area contributed by atoms with Crippen LogP contribution in [-0.4, -0.2) is 66.3 Å². The molecular formula is C11H18N4O3. The van der Waals surface area contributed by atoms with E-state index in [4.69, 9.17) is 9.84 Å². The van der Waals surface area contributed by atoms with Crippen molar-refractivity contribution in [2.45, 2.75) is 0 Å². The van der Waals surface area contributed by atoms with Gasteiger partial charge in [0.1, 0.15) is 17.7 Å². The summed E-state index contributed by atoms with van der Waals surface area (Å²) in [6, 6.07) is 0. The van der Waals surface area contributed by atoms with E-state index in [0.717, 1.165) is 13.1 Å². The summed E-state index contributed by atoms with van der Waals surface area (Å²) in [5.41, 5.74) is 0.0806. The van der Waals surface area contributed by atoms with Crippen molar-refractivity contribution in [3.8, 4) is 0 Å². The molecule has 0 saturated carbocycles. The van der Waals surface area contributed by atoms with Gasteiger partial charge in [-0.25, -0.2) is 14.8 Å². The van der Waals surface area contributed by atoms with Crippen LogP contribution < -0.4 is 5.32 Å². The van der Waals surface area contributed by atoms with Gasteiger partial charge in [0.2, 0.25) is 0 Å². The van der Waals surface area contributed by atoms with E-state index in [1.165, 1.54) is 12.5 Å². The molecule has 1 rings (SSSR count). The van der Waals surface area contributed by atoms with Crippen molar-refractivity contribution in [2.24, 2.45) is 0 Å². The van der Waals surface area contributed by atoms with Gasteiger partial charge in [-0.1, -0.05) is 0 Å². The number of likely N-dealkylation sites (N-methyl/N-ethyl adjacent to an activating group) is 1. The van der Waals surface area contributed by atoms with E-state index >= 15 is 0 Å². The van der Waals surface area contributed by atoms with E-state index in [2.05, 4.69) is 20.2 Å². The van der Waals surface area contributed by atoms with E-state index in [9.17, 15) is 4.79 Å². The van der Waals surface area contributed by atoms with E-state index in [1.54, 1.807) is 7.11 Å². The first-order chi connectivity index (χ1) is 8.65. The molecule has 0 aromatic carbocycles. The van der Waals surface area contributed by atoms with E-state index in [0.29, 0.717) is 19.0 Å². The first kappa shape index (κ1) is 14.3. The summed E-state index contributed by atoms with van der Waals surface area (Å²) in [4.78, 5) is 20.6. The summed E-state index contributed by atoms with van der Waals surface area (Å²) >= 11 is 0. The van der Waals surface area contributed by atoms with Crippen molar-refractivity contribution in [1.82, 2.24) is 14.9 Å². The normalized spacial score (nSPS) is 10.6. The molecule has 2 N–H and O–H groups in total. The van der Waals surface area contributed by atoms with E-state index in [1.807, 2.05) is 7.05 Å². The monoisotopic (exact) mass is 254 g/mol. The van der Waals surface area contributed by atoms with Crippen LogP contribution in [0.3, 0.4) is 0 Å². The van der Waals surface area contributed by atoms with Crippen LogP contribution in [0.2, 0.25) is 0 Å². The smallest absolute Gasteiger partial charge is 0.341 e. The third-order valence-electron chi connectivity index (χ3n) is 2.41. The largest absolute Gasteiger partial charge is 0.477 e. The first-order valence-electron chi connectivity index (χ1n) is 5.59. The van der Waals surface area contributed by atoms with Crippen molar-refractivity contribution in [1.29, 1.82) is 0 Å². The molecule has 7 nitrogen and oxygen atoms in total. The minimum Gasteiger partial charge on any atom is -0.477 e. The predicted octanol–water partition coefficient (Wildman–Crippen LogP) is 0.165. The van der Waals surface area contributed by atoms with Crippen molar-refractivity contribution in [3.63, 3.8) is 0 Å². The number of nitrogens with one attached hydrogen (secondary N) is 1. The molecule has 0 aliphatic heterocycles. The molecular weight excluding hydrogens is 236 g/mol. The highest BCUT2D eigenvalue weighted by Gasteiger charge is 2.10. The SMILES string of the molecule is COCCN(C)CCNc1ncncc1C(=O)O. The molecule has 0 amide bonds. The Hall–Kier alpha value is -1.73. The van der Waals surface area contributed by atoms with E-state index in [-0.39, 0.29) is 5.56 Å². The number of carboxylic acid groups (broad SMARTS) is 1. The Balaban J connectivity index is 2.41. The quantitative estimate of drug-likeness (QED) is 0.683. The van der Waals surface area contributed by atoms with Crippen LogP contribution in [0.15, 0.2) is 12.5 Å². The van der Waals surface area contributed by atoms with Crippen LogP contribution in [0, 0.1) is 0 Å². The van der Waals surface area contributed by atoms with Crippen LogP contribution >= 0.6 is 0 Å². The predicted molar refractivity (Wildman–Crippen MR) is 66.9 cm³/mol. The van der Waals surface area contributed by atoms with Gasteiger partial charge in [0.15, 0.2) is 0 Å². The fourth-order valence-electron chi connectivity index (χ4n) is 1.35. The Morgan fingerprint density at radius 1 is 1.56 bits per heavy atom. The Morgan fingerprint density at radius 2 is 2.33 bits per heavy atom. The summed E-state index contributed by atoms with van der Waals surface area (Å²) in [5.74, 6) is -0.691. The molecule has 0 atom stereocenters. The number of methoxy groups -OCH3 is 1. The van der Waals surface area contributed by atoms with Gasteiger partial charge in [0, 0.05) is 32.9 Å². The van der Waals surface area contributed by atoms with Gasteiger partial charge in [-0.3, -0.25) is 0 Å². The standard InChI is InChI=1S/C11H18N4O3/c1-15(5-6-18-2)4-3-13-10-9(11(16)17)7-12-8-14-10/h7-8H,3-6H2,1-2H3,(H,16,17)(H,12,13,14). The maximum atomic E-state index is 10.9. The second kappa shape index (κ2) is 7.57. The maximum Gasteiger partial charge on any atom is 0.341 e. The fourth-order valence-corrected chi connectivity index (χ4v) is 1.35. The zero-order chi connectivity index (χ0) is 13.4. The lowest BCUT2D eigenvalue weighted by atomic mass is 10.3. The van der Waals surface area contributed by atoms with Gasteiger partial charge < -0.3 is 20.1 Å². The molecule has 0 spiro atoms. The molecule has 0 radical (unpaired) electrons. The van der Waals surface area contributed by atoms with Crippen LogP contribution in [0.5, 0.6) is 0 Å². The average Bonchev–Trinajstić information content (AvgIpc) is 2.36. The molecule has 0 bridgehead atoms. The summed E-state index contributed by atoms with van der Waals surface area (Å²) in [6.45, 7) is 2.88. The minimum absolute atomic E-state index is 0.0806. The lowest BCUT2D eigenvalue weighted by Gasteiger charge is -2.16. The minimum atomic E-state index is -1.04.